The number of thioether (sulfide) groups is 1. The van der Waals surface area contributed by atoms with Crippen LogP contribution in [0, 0.1) is 0 Å². The topological polar surface area (TPSA) is 52.6 Å². The van der Waals surface area contributed by atoms with Crippen molar-refractivity contribution >= 4 is 17.8 Å². The lowest BCUT2D eigenvalue weighted by Gasteiger charge is -2.34. The summed E-state index contributed by atoms with van der Waals surface area (Å²) in [5, 5.41) is 2.14. The number of aromatic nitrogens is 2. The predicted octanol–water partition coefficient (Wildman–Crippen LogP) is 3.11. The molecular formula is C19H21N5OS. The number of rotatable bonds is 5. The normalized spacial score (nSPS) is 20.0. The van der Waals surface area contributed by atoms with E-state index in [0.29, 0.717) is 6.54 Å². The van der Waals surface area contributed by atoms with E-state index in [-0.39, 0.29) is 11.5 Å². The zero-order valence-corrected chi connectivity index (χ0v) is 15.5. The molecule has 1 atom stereocenters. The van der Waals surface area contributed by atoms with Crippen LogP contribution in [0.25, 0.3) is 0 Å². The Balaban J connectivity index is 1.45. The van der Waals surface area contributed by atoms with E-state index >= 15 is 0 Å². The lowest BCUT2D eigenvalue weighted by atomic mass is 10.2. The van der Waals surface area contributed by atoms with Gasteiger partial charge in [-0.3, -0.25) is 14.9 Å². The van der Waals surface area contributed by atoms with E-state index in [1.807, 2.05) is 34.2 Å². The lowest BCUT2D eigenvalue weighted by molar-refractivity contribution is 0.149. The fourth-order valence-corrected chi connectivity index (χ4v) is 4.45. The molecule has 2 aliphatic rings. The second-order valence-electron chi connectivity index (χ2n) is 6.46. The van der Waals surface area contributed by atoms with Crippen LogP contribution in [0.5, 0.6) is 0 Å². The predicted molar refractivity (Wildman–Crippen MR) is 102 cm³/mol. The highest BCUT2D eigenvalue weighted by Crippen LogP contribution is 2.36. The number of nitrogens with zero attached hydrogens (tertiary/aromatic N) is 5. The van der Waals surface area contributed by atoms with E-state index in [2.05, 4.69) is 33.3 Å². The van der Waals surface area contributed by atoms with Crippen LogP contribution in [0.1, 0.15) is 18.1 Å². The number of urea groups is 1. The van der Waals surface area contributed by atoms with E-state index < -0.39 is 0 Å². The molecule has 6 nitrogen and oxygen atoms in total. The van der Waals surface area contributed by atoms with Crippen LogP contribution in [0.2, 0.25) is 0 Å². The average Bonchev–Trinajstić information content (AvgIpc) is 3.20. The van der Waals surface area contributed by atoms with Gasteiger partial charge in [-0.15, -0.1) is 0 Å². The van der Waals surface area contributed by atoms with Crippen molar-refractivity contribution in [3.8, 4) is 0 Å². The number of hydrogen-bond donors (Lipinski definition) is 0. The van der Waals surface area contributed by atoms with Gasteiger partial charge < -0.3 is 9.80 Å². The van der Waals surface area contributed by atoms with E-state index in [4.69, 9.17) is 0 Å². The molecule has 2 aromatic heterocycles. The van der Waals surface area contributed by atoms with Gasteiger partial charge in [-0.25, -0.2) is 4.79 Å². The van der Waals surface area contributed by atoms with Crippen molar-refractivity contribution in [2.45, 2.75) is 25.5 Å². The van der Waals surface area contributed by atoms with E-state index in [9.17, 15) is 4.79 Å². The number of carbonyl (C=O) groups is 1. The fraction of sp³-hybridized carbons (Fsp3) is 0.316. The van der Waals surface area contributed by atoms with Crippen LogP contribution < -0.4 is 0 Å². The van der Waals surface area contributed by atoms with Crippen LogP contribution in [0.3, 0.4) is 0 Å². The monoisotopic (exact) mass is 367 g/mol. The van der Waals surface area contributed by atoms with E-state index in [1.54, 1.807) is 30.4 Å². The first-order valence-electron chi connectivity index (χ1n) is 8.64. The highest BCUT2D eigenvalue weighted by Gasteiger charge is 2.38. The van der Waals surface area contributed by atoms with Gasteiger partial charge in [0.25, 0.3) is 0 Å². The Morgan fingerprint density at radius 2 is 1.92 bits per heavy atom. The van der Waals surface area contributed by atoms with Crippen molar-refractivity contribution in [2.75, 3.05) is 13.1 Å². The molecule has 134 valence electrons. The number of hydrogen-bond acceptors (Lipinski definition) is 5. The smallest absolute Gasteiger partial charge is 0.322 e. The third kappa shape index (κ3) is 3.39. The van der Waals surface area contributed by atoms with Gasteiger partial charge in [0.05, 0.1) is 0 Å². The lowest BCUT2D eigenvalue weighted by Crippen LogP contribution is -2.45. The highest BCUT2D eigenvalue weighted by molar-refractivity contribution is 8.02. The van der Waals surface area contributed by atoms with Crippen LogP contribution in [0.4, 0.5) is 4.79 Å². The first kappa shape index (κ1) is 16.9. The summed E-state index contributed by atoms with van der Waals surface area (Å²) in [6.45, 7) is 4.97. The Hall–Kier alpha value is -2.54. The third-order valence-corrected chi connectivity index (χ3v) is 5.90. The minimum atomic E-state index is 0.00476. The minimum absolute atomic E-state index is 0.00476. The quantitative estimate of drug-likeness (QED) is 0.813. The third-order valence-electron chi connectivity index (χ3n) is 4.67. The minimum Gasteiger partial charge on any atom is -0.341 e. The molecule has 0 N–H and O–H groups in total. The summed E-state index contributed by atoms with van der Waals surface area (Å²) in [6, 6.07) is 8.03. The van der Waals surface area contributed by atoms with Crippen molar-refractivity contribution in [2.24, 2.45) is 0 Å². The van der Waals surface area contributed by atoms with Crippen molar-refractivity contribution in [1.82, 2.24) is 24.7 Å². The molecule has 2 aliphatic heterocycles. The fourth-order valence-electron chi connectivity index (χ4n) is 3.27. The molecule has 0 aliphatic carbocycles. The van der Waals surface area contributed by atoms with Crippen LogP contribution in [-0.2, 0) is 13.1 Å². The van der Waals surface area contributed by atoms with Crippen LogP contribution in [-0.4, -0.2) is 49.3 Å². The molecule has 0 radical (unpaired) electrons. The molecule has 4 heterocycles. The molecule has 2 amide bonds. The summed E-state index contributed by atoms with van der Waals surface area (Å²) >= 11 is 1.70. The summed E-state index contributed by atoms with van der Waals surface area (Å²) in [5.41, 5.74) is 3.44. The summed E-state index contributed by atoms with van der Waals surface area (Å²) in [6.07, 6.45) is 7.20. The Labute approximate surface area is 157 Å². The molecular weight excluding hydrogens is 346 g/mol. The zero-order valence-electron chi connectivity index (χ0n) is 14.7. The average molecular weight is 367 g/mol. The van der Waals surface area contributed by atoms with Crippen molar-refractivity contribution in [3.63, 3.8) is 0 Å². The zero-order chi connectivity index (χ0) is 17.9. The van der Waals surface area contributed by atoms with Gasteiger partial charge in [0.15, 0.2) is 5.50 Å². The molecule has 1 unspecified atom stereocenters. The van der Waals surface area contributed by atoms with Gasteiger partial charge in [-0.05, 0) is 41.7 Å². The Morgan fingerprint density at radius 3 is 2.69 bits per heavy atom. The summed E-state index contributed by atoms with van der Waals surface area (Å²) < 4.78 is 0. The molecule has 0 aromatic carbocycles. The summed E-state index contributed by atoms with van der Waals surface area (Å²) in [4.78, 5) is 27.4. The van der Waals surface area contributed by atoms with Gasteiger partial charge in [-0.2, -0.15) is 0 Å². The number of allylic oxidation sites excluding steroid dienone is 1. The van der Waals surface area contributed by atoms with Gasteiger partial charge >= 0.3 is 6.03 Å². The van der Waals surface area contributed by atoms with Crippen LogP contribution in [0.15, 0.2) is 60.2 Å². The van der Waals surface area contributed by atoms with Gasteiger partial charge in [0.1, 0.15) is 0 Å². The standard InChI is InChI=1S/C19H21N5OS/c1-15-14-26-19(24(15)13-17-3-2-6-21-11-17)23-10-9-22(18(23)25)12-16-4-7-20-8-5-16/h2-8,11,14,19H,9-10,12-13H2,1H3. The Morgan fingerprint density at radius 1 is 1.08 bits per heavy atom. The van der Waals surface area contributed by atoms with Gasteiger partial charge in [0, 0.05) is 56.7 Å². The maximum absolute atomic E-state index is 13.0. The van der Waals surface area contributed by atoms with Gasteiger partial charge in [0.2, 0.25) is 0 Å². The maximum atomic E-state index is 13.0. The van der Waals surface area contributed by atoms with E-state index in [0.717, 1.165) is 30.8 Å². The SMILES string of the molecule is CC1=CSC(N2CCN(Cc3ccncc3)C2=O)N1Cc1cccnc1. The first-order valence-corrected chi connectivity index (χ1v) is 9.59. The van der Waals surface area contributed by atoms with Crippen molar-refractivity contribution < 1.29 is 4.79 Å². The molecule has 4 rings (SSSR count). The first-order chi connectivity index (χ1) is 12.7. The largest absolute Gasteiger partial charge is 0.341 e. The number of amides is 2. The molecule has 1 saturated heterocycles. The molecule has 26 heavy (non-hydrogen) atoms. The molecule has 7 heteroatoms. The van der Waals surface area contributed by atoms with Crippen LogP contribution >= 0.6 is 11.8 Å². The summed E-state index contributed by atoms with van der Waals surface area (Å²) in [7, 11) is 0. The Kier molecular flexibility index (Phi) is 4.79. The number of pyridine rings is 2. The molecule has 1 fully saturated rings. The molecule has 0 saturated carbocycles. The summed E-state index contributed by atoms with van der Waals surface area (Å²) in [5.74, 6) is 0. The van der Waals surface area contributed by atoms with Crippen molar-refractivity contribution in [1.29, 1.82) is 0 Å². The van der Waals surface area contributed by atoms with Crippen molar-refractivity contribution in [3.05, 3.63) is 71.3 Å². The highest BCUT2D eigenvalue weighted by atomic mass is 32.2. The molecule has 0 bridgehead atoms. The molecule has 2 aromatic rings. The number of carbonyl (C=O) groups excluding carboxylic acids is 1. The van der Waals surface area contributed by atoms with E-state index in [1.165, 1.54) is 5.70 Å². The second-order valence-corrected chi connectivity index (χ2v) is 7.39. The second kappa shape index (κ2) is 7.37. The maximum Gasteiger partial charge on any atom is 0.322 e. The Bertz CT molecular complexity index is 798. The van der Waals surface area contributed by atoms with Gasteiger partial charge in [-0.1, -0.05) is 17.8 Å². The molecule has 0 spiro atoms.